The molecular weight excluding hydrogens is 350 g/mol. The van der Waals surface area contributed by atoms with Gasteiger partial charge in [-0.25, -0.2) is 0 Å². The number of likely N-dealkylation sites (tertiary alicyclic amines) is 1. The highest BCUT2D eigenvalue weighted by Gasteiger charge is 2.41. The Labute approximate surface area is 168 Å². The quantitative estimate of drug-likeness (QED) is 0.788. The lowest BCUT2D eigenvalue weighted by Crippen LogP contribution is -2.28. The van der Waals surface area contributed by atoms with Crippen LogP contribution in [-0.2, 0) is 7.05 Å². The van der Waals surface area contributed by atoms with Gasteiger partial charge in [-0.15, -0.1) is 10.2 Å². The Kier molecular flexibility index (Phi) is 5.17. The molecule has 2 aliphatic rings. The van der Waals surface area contributed by atoms with Crippen LogP contribution in [0.4, 0.5) is 0 Å². The summed E-state index contributed by atoms with van der Waals surface area (Å²) in [6, 6.07) is 3.93. The fourth-order valence-corrected chi connectivity index (χ4v) is 4.66. The second-order valence-corrected chi connectivity index (χ2v) is 9.86. The largest absolute Gasteiger partial charge is 0.473 e. The van der Waals surface area contributed by atoms with Crippen LogP contribution in [0.1, 0.15) is 45.7 Å². The fourth-order valence-electron chi connectivity index (χ4n) is 4.66. The van der Waals surface area contributed by atoms with Gasteiger partial charge in [-0.1, -0.05) is 20.8 Å². The highest BCUT2D eigenvalue weighted by atomic mass is 16.5. The number of nitrogens with zero attached hydrogens (tertiary/aromatic N) is 5. The molecule has 3 atom stereocenters. The zero-order valence-corrected chi connectivity index (χ0v) is 17.9. The normalized spacial score (nSPS) is 25.2. The van der Waals surface area contributed by atoms with Crippen LogP contribution in [0.5, 0.6) is 5.88 Å². The Morgan fingerprint density at radius 2 is 1.82 bits per heavy atom. The number of fused-ring (bicyclic) bond motifs is 1. The van der Waals surface area contributed by atoms with E-state index in [-0.39, 0.29) is 6.10 Å². The monoisotopic (exact) mass is 383 g/mol. The molecule has 1 aliphatic heterocycles. The summed E-state index contributed by atoms with van der Waals surface area (Å²) in [6.07, 6.45) is 5.80. The highest BCUT2D eigenvalue weighted by Crippen LogP contribution is 2.40. The van der Waals surface area contributed by atoms with Crippen LogP contribution in [0.3, 0.4) is 0 Å². The van der Waals surface area contributed by atoms with Crippen LogP contribution in [0, 0.1) is 24.2 Å². The molecule has 2 aromatic rings. The van der Waals surface area contributed by atoms with Gasteiger partial charge in [0, 0.05) is 38.0 Å². The SMILES string of the molecule is Cc1nn(C)cc1-c1ccc(O[C@@H]2C[C@@H]3CN(CCC(C)(C)C)C[C@@H]3C2)nn1. The second kappa shape index (κ2) is 7.47. The maximum atomic E-state index is 6.17. The van der Waals surface area contributed by atoms with Crippen LogP contribution < -0.4 is 4.74 Å². The van der Waals surface area contributed by atoms with Crippen molar-refractivity contribution >= 4 is 0 Å². The van der Waals surface area contributed by atoms with Gasteiger partial charge in [0.25, 0.3) is 0 Å². The van der Waals surface area contributed by atoms with E-state index >= 15 is 0 Å². The molecular formula is C22H33N5O. The van der Waals surface area contributed by atoms with E-state index in [1.54, 1.807) is 4.68 Å². The van der Waals surface area contributed by atoms with Gasteiger partial charge < -0.3 is 9.64 Å². The number of rotatable bonds is 5. The third kappa shape index (κ3) is 4.37. The van der Waals surface area contributed by atoms with E-state index in [9.17, 15) is 0 Å². The van der Waals surface area contributed by atoms with Crippen molar-refractivity contribution in [1.82, 2.24) is 24.9 Å². The third-order valence-corrected chi connectivity index (χ3v) is 6.18. The molecule has 6 nitrogen and oxygen atoms in total. The van der Waals surface area contributed by atoms with E-state index in [1.165, 1.54) is 26.1 Å². The van der Waals surface area contributed by atoms with Crippen LogP contribution in [0.25, 0.3) is 11.3 Å². The molecule has 1 saturated carbocycles. The Bertz CT molecular complexity index is 793. The fraction of sp³-hybridized carbons (Fsp3) is 0.682. The molecule has 1 saturated heterocycles. The first-order valence-electron chi connectivity index (χ1n) is 10.5. The van der Waals surface area contributed by atoms with E-state index < -0.39 is 0 Å². The summed E-state index contributed by atoms with van der Waals surface area (Å²) in [4.78, 5) is 2.65. The maximum absolute atomic E-state index is 6.17. The zero-order valence-electron chi connectivity index (χ0n) is 17.9. The summed E-state index contributed by atoms with van der Waals surface area (Å²) in [5, 5.41) is 13.0. The molecule has 0 unspecified atom stereocenters. The van der Waals surface area contributed by atoms with Crippen molar-refractivity contribution in [2.75, 3.05) is 19.6 Å². The van der Waals surface area contributed by atoms with Crippen molar-refractivity contribution in [2.24, 2.45) is 24.3 Å². The average Bonchev–Trinajstić information content (AvgIpc) is 3.26. The molecule has 0 aromatic carbocycles. The lowest BCUT2D eigenvalue weighted by molar-refractivity contribution is 0.173. The molecule has 1 aliphatic carbocycles. The molecule has 0 amide bonds. The van der Waals surface area contributed by atoms with E-state index in [4.69, 9.17) is 4.74 Å². The van der Waals surface area contributed by atoms with Crippen molar-refractivity contribution in [3.8, 4) is 17.1 Å². The Hall–Kier alpha value is -1.95. The van der Waals surface area contributed by atoms with Gasteiger partial charge in [-0.05, 0) is 56.0 Å². The zero-order chi connectivity index (χ0) is 19.9. The Balaban J connectivity index is 1.29. The molecule has 6 heteroatoms. The molecule has 0 bridgehead atoms. The first-order chi connectivity index (χ1) is 13.3. The van der Waals surface area contributed by atoms with Crippen molar-refractivity contribution in [1.29, 1.82) is 0 Å². The van der Waals surface area contributed by atoms with E-state index in [0.29, 0.717) is 11.3 Å². The summed E-state index contributed by atoms with van der Waals surface area (Å²) in [6.45, 7) is 12.7. The molecule has 0 spiro atoms. The minimum atomic E-state index is 0.278. The number of aryl methyl sites for hydroxylation is 2. The lowest BCUT2D eigenvalue weighted by Gasteiger charge is -2.24. The number of hydrogen-bond donors (Lipinski definition) is 0. The summed E-state index contributed by atoms with van der Waals surface area (Å²) < 4.78 is 7.98. The molecule has 0 N–H and O–H groups in total. The van der Waals surface area contributed by atoms with Crippen molar-refractivity contribution < 1.29 is 4.74 Å². The molecule has 28 heavy (non-hydrogen) atoms. The molecule has 4 rings (SSSR count). The second-order valence-electron chi connectivity index (χ2n) is 9.86. The van der Waals surface area contributed by atoms with Gasteiger partial charge in [0.05, 0.1) is 11.4 Å². The molecule has 3 heterocycles. The Morgan fingerprint density at radius 1 is 1.11 bits per heavy atom. The molecule has 0 radical (unpaired) electrons. The summed E-state index contributed by atoms with van der Waals surface area (Å²) in [7, 11) is 1.92. The molecule has 2 fully saturated rings. The Morgan fingerprint density at radius 3 is 2.36 bits per heavy atom. The van der Waals surface area contributed by atoms with E-state index in [2.05, 4.69) is 41.0 Å². The summed E-state index contributed by atoms with van der Waals surface area (Å²) >= 11 is 0. The number of aromatic nitrogens is 4. The molecule has 2 aromatic heterocycles. The third-order valence-electron chi connectivity index (χ3n) is 6.18. The standard InChI is InChI=1S/C22H33N5O/c1-15-19(14-26(5)25-15)20-6-7-21(24-23-20)28-18-10-16-12-27(13-17(16)11-18)9-8-22(2,3)4/h6-7,14,16-18H,8-13H2,1-5H3/t16-,17+,18-. The van der Waals surface area contributed by atoms with Crippen LogP contribution in [0.2, 0.25) is 0 Å². The van der Waals surface area contributed by atoms with Crippen molar-refractivity contribution in [3.05, 3.63) is 24.0 Å². The van der Waals surface area contributed by atoms with Gasteiger partial charge in [-0.3, -0.25) is 4.68 Å². The summed E-state index contributed by atoms with van der Waals surface area (Å²) in [5.74, 6) is 2.19. The van der Waals surface area contributed by atoms with Crippen LogP contribution >= 0.6 is 0 Å². The van der Waals surface area contributed by atoms with Crippen LogP contribution in [-0.4, -0.2) is 50.6 Å². The average molecular weight is 384 g/mol. The predicted octanol–water partition coefficient (Wildman–Crippen LogP) is 3.71. The number of ether oxygens (including phenoxy) is 1. The highest BCUT2D eigenvalue weighted by molar-refractivity contribution is 5.60. The van der Waals surface area contributed by atoms with Gasteiger partial charge in [0.1, 0.15) is 6.10 Å². The van der Waals surface area contributed by atoms with E-state index in [1.807, 2.05) is 32.3 Å². The minimum Gasteiger partial charge on any atom is -0.473 e. The number of hydrogen-bond acceptors (Lipinski definition) is 5. The predicted molar refractivity (Wildman–Crippen MR) is 110 cm³/mol. The smallest absolute Gasteiger partial charge is 0.233 e. The van der Waals surface area contributed by atoms with Gasteiger partial charge in [-0.2, -0.15) is 5.10 Å². The van der Waals surface area contributed by atoms with Crippen molar-refractivity contribution in [3.63, 3.8) is 0 Å². The van der Waals surface area contributed by atoms with Gasteiger partial charge in [0.2, 0.25) is 5.88 Å². The summed E-state index contributed by atoms with van der Waals surface area (Å²) in [5.41, 5.74) is 3.25. The van der Waals surface area contributed by atoms with Crippen LogP contribution in [0.15, 0.2) is 18.3 Å². The lowest BCUT2D eigenvalue weighted by atomic mass is 9.92. The maximum Gasteiger partial charge on any atom is 0.233 e. The first-order valence-corrected chi connectivity index (χ1v) is 10.5. The molecule has 152 valence electrons. The van der Waals surface area contributed by atoms with E-state index in [0.717, 1.165) is 41.6 Å². The topological polar surface area (TPSA) is 56.1 Å². The van der Waals surface area contributed by atoms with Crippen molar-refractivity contribution in [2.45, 2.75) is 53.1 Å². The first kappa shape index (κ1) is 19.4. The minimum absolute atomic E-state index is 0.278. The van der Waals surface area contributed by atoms with Gasteiger partial charge >= 0.3 is 0 Å². The van der Waals surface area contributed by atoms with Gasteiger partial charge in [0.15, 0.2) is 0 Å².